The zero-order chi connectivity index (χ0) is 9.03. The van der Waals surface area contributed by atoms with Crippen molar-refractivity contribution in [3.05, 3.63) is 0 Å². The molecule has 1 atom stereocenters. The normalized spacial score (nSPS) is 22.2. The number of nitrogens with two attached hydrogens (primary N) is 1. The zero-order valence-electron chi connectivity index (χ0n) is 8.05. The van der Waals surface area contributed by atoms with Gasteiger partial charge in [0.2, 0.25) is 0 Å². The first-order valence-electron chi connectivity index (χ1n) is 5.07. The van der Waals surface area contributed by atoms with E-state index in [4.69, 9.17) is 5.73 Å². The van der Waals surface area contributed by atoms with Crippen LogP contribution in [0.1, 0.15) is 39.0 Å². The molecule has 3 N–H and O–H groups in total. The van der Waals surface area contributed by atoms with Crippen LogP contribution in [0.4, 0.5) is 0 Å². The molecule has 1 aliphatic rings. The molecule has 2 heteroatoms. The molecule has 1 unspecified atom stereocenters. The molecule has 0 amide bonds. The predicted octanol–water partition coefficient (Wildman–Crippen LogP) is 1.52. The fraction of sp³-hybridized carbons (Fsp3) is 1.00. The van der Waals surface area contributed by atoms with E-state index in [9.17, 15) is 5.11 Å². The number of aliphatic hydroxyl groups is 1. The van der Waals surface area contributed by atoms with Crippen molar-refractivity contribution in [2.24, 2.45) is 17.1 Å². The Labute approximate surface area is 75.2 Å². The molecular weight excluding hydrogens is 150 g/mol. The van der Waals surface area contributed by atoms with E-state index < -0.39 is 0 Å². The molecule has 0 aliphatic heterocycles. The Kier molecular flexibility index (Phi) is 3.53. The number of hydrogen-bond donors (Lipinski definition) is 2. The highest BCUT2D eigenvalue weighted by Gasteiger charge is 2.34. The van der Waals surface area contributed by atoms with Crippen LogP contribution in [0.2, 0.25) is 0 Å². The van der Waals surface area contributed by atoms with Gasteiger partial charge in [-0.25, -0.2) is 0 Å². The molecule has 0 spiro atoms. The fourth-order valence-electron chi connectivity index (χ4n) is 1.96. The van der Waals surface area contributed by atoms with Crippen molar-refractivity contribution >= 4 is 0 Å². The lowest BCUT2D eigenvalue weighted by Crippen LogP contribution is -2.34. The van der Waals surface area contributed by atoms with Crippen LogP contribution in [0.15, 0.2) is 0 Å². The first-order valence-corrected chi connectivity index (χ1v) is 5.07. The summed E-state index contributed by atoms with van der Waals surface area (Å²) >= 11 is 0. The summed E-state index contributed by atoms with van der Waals surface area (Å²) in [5.74, 6) is 0.868. The fourth-order valence-corrected chi connectivity index (χ4v) is 1.96. The molecule has 0 radical (unpaired) electrons. The molecule has 2 nitrogen and oxygen atoms in total. The summed E-state index contributed by atoms with van der Waals surface area (Å²) in [6.07, 6.45) is 6.06. The van der Waals surface area contributed by atoms with Crippen molar-refractivity contribution in [1.29, 1.82) is 0 Å². The molecule has 1 fully saturated rings. The van der Waals surface area contributed by atoms with Crippen LogP contribution in [0.25, 0.3) is 0 Å². The SMILES string of the molecule is CCCC(CN)(CO)CC1CC1. The van der Waals surface area contributed by atoms with E-state index in [-0.39, 0.29) is 12.0 Å². The first kappa shape index (κ1) is 10.0. The average molecular weight is 171 g/mol. The number of rotatable bonds is 6. The largest absolute Gasteiger partial charge is 0.396 e. The predicted molar refractivity (Wildman–Crippen MR) is 50.8 cm³/mol. The molecule has 0 aromatic heterocycles. The third-order valence-corrected chi connectivity index (χ3v) is 2.97. The minimum atomic E-state index is 0.0515. The van der Waals surface area contributed by atoms with Gasteiger partial charge in [0.25, 0.3) is 0 Å². The highest BCUT2D eigenvalue weighted by Crippen LogP contribution is 2.41. The van der Waals surface area contributed by atoms with Gasteiger partial charge in [-0.1, -0.05) is 26.2 Å². The third kappa shape index (κ3) is 2.46. The van der Waals surface area contributed by atoms with Gasteiger partial charge in [-0.2, -0.15) is 0 Å². The molecule has 0 bridgehead atoms. The van der Waals surface area contributed by atoms with Crippen molar-refractivity contribution < 1.29 is 5.11 Å². The second-order valence-corrected chi connectivity index (χ2v) is 4.26. The summed E-state index contributed by atoms with van der Waals surface area (Å²) in [6, 6.07) is 0. The molecule has 0 saturated heterocycles. The average Bonchev–Trinajstić information content (AvgIpc) is 2.87. The molecule has 1 rings (SSSR count). The van der Waals surface area contributed by atoms with E-state index in [1.807, 2.05) is 0 Å². The van der Waals surface area contributed by atoms with Gasteiger partial charge in [0.15, 0.2) is 0 Å². The lowest BCUT2D eigenvalue weighted by molar-refractivity contribution is 0.105. The van der Waals surface area contributed by atoms with Crippen molar-refractivity contribution in [2.45, 2.75) is 39.0 Å². The van der Waals surface area contributed by atoms with E-state index in [0.29, 0.717) is 6.54 Å². The Hall–Kier alpha value is -0.0800. The summed E-state index contributed by atoms with van der Waals surface area (Å²) in [6.45, 7) is 3.08. The van der Waals surface area contributed by atoms with Crippen molar-refractivity contribution in [2.75, 3.05) is 13.2 Å². The number of hydrogen-bond acceptors (Lipinski definition) is 2. The van der Waals surface area contributed by atoms with E-state index in [0.717, 1.165) is 25.2 Å². The van der Waals surface area contributed by atoms with Gasteiger partial charge in [0.1, 0.15) is 0 Å². The Morgan fingerprint density at radius 3 is 2.50 bits per heavy atom. The standard InChI is InChI=1S/C10H21NO/c1-2-5-10(7-11,8-12)6-9-3-4-9/h9,12H,2-8,11H2,1H3. The van der Waals surface area contributed by atoms with Crippen LogP contribution >= 0.6 is 0 Å². The van der Waals surface area contributed by atoms with E-state index >= 15 is 0 Å². The van der Waals surface area contributed by atoms with Crippen LogP contribution in [0, 0.1) is 11.3 Å². The minimum absolute atomic E-state index is 0.0515. The Bertz CT molecular complexity index is 128. The molecular formula is C10H21NO. The lowest BCUT2D eigenvalue weighted by Gasteiger charge is -2.30. The van der Waals surface area contributed by atoms with Crippen LogP contribution < -0.4 is 5.73 Å². The van der Waals surface area contributed by atoms with Gasteiger partial charge in [-0.05, 0) is 18.8 Å². The summed E-state index contributed by atoms with van der Waals surface area (Å²) in [5.41, 5.74) is 5.77. The molecule has 1 saturated carbocycles. The van der Waals surface area contributed by atoms with E-state index in [1.165, 1.54) is 12.8 Å². The summed E-state index contributed by atoms with van der Waals surface area (Å²) in [4.78, 5) is 0. The quantitative estimate of drug-likeness (QED) is 0.636. The Morgan fingerprint density at radius 2 is 2.17 bits per heavy atom. The van der Waals surface area contributed by atoms with Crippen molar-refractivity contribution in [1.82, 2.24) is 0 Å². The summed E-state index contributed by atoms with van der Waals surface area (Å²) < 4.78 is 0. The van der Waals surface area contributed by atoms with Crippen LogP contribution in [-0.4, -0.2) is 18.3 Å². The van der Waals surface area contributed by atoms with Gasteiger partial charge >= 0.3 is 0 Å². The molecule has 12 heavy (non-hydrogen) atoms. The van der Waals surface area contributed by atoms with Crippen LogP contribution in [-0.2, 0) is 0 Å². The topological polar surface area (TPSA) is 46.2 Å². The smallest absolute Gasteiger partial charge is 0.0499 e. The van der Waals surface area contributed by atoms with Crippen molar-refractivity contribution in [3.63, 3.8) is 0 Å². The maximum Gasteiger partial charge on any atom is 0.0499 e. The van der Waals surface area contributed by atoms with Gasteiger partial charge in [-0.3, -0.25) is 0 Å². The van der Waals surface area contributed by atoms with Gasteiger partial charge < -0.3 is 10.8 Å². The van der Waals surface area contributed by atoms with Crippen LogP contribution in [0.5, 0.6) is 0 Å². The van der Waals surface area contributed by atoms with Gasteiger partial charge in [0.05, 0.1) is 0 Å². The lowest BCUT2D eigenvalue weighted by atomic mass is 9.79. The Morgan fingerprint density at radius 1 is 1.50 bits per heavy atom. The highest BCUT2D eigenvalue weighted by atomic mass is 16.3. The van der Waals surface area contributed by atoms with Crippen LogP contribution in [0.3, 0.4) is 0 Å². The molecule has 0 heterocycles. The van der Waals surface area contributed by atoms with E-state index in [1.54, 1.807) is 0 Å². The molecule has 1 aliphatic carbocycles. The summed E-state index contributed by atoms with van der Waals surface area (Å²) in [7, 11) is 0. The van der Waals surface area contributed by atoms with Crippen molar-refractivity contribution in [3.8, 4) is 0 Å². The zero-order valence-corrected chi connectivity index (χ0v) is 8.05. The monoisotopic (exact) mass is 171 g/mol. The molecule has 0 aromatic carbocycles. The van der Waals surface area contributed by atoms with E-state index in [2.05, 4.69) is 6.92 Å². The number of aliphatic hydroxyl groups excluding tert-OH is 1. The Balaban J connectivity index is 2.41. The maximum absolute atomic E-state index is 9.30. The summed E-state index contributed by atoms with van der Waals surface area (Å²) in [5, 5.41) is 9.30. The third-order valence-electron chi connectivity index (χ3n) is 2.97. The van der Waals surface area contributed by atoms with Gasteiger partial charge in [-0.15, -0.1) is 0 Å². The minimum Gasteiger partial charge on any atom is -0.396 e. The highest BCUT2D eigenvalue weighted by molar-refractivity contribution is 4.87. The molecule has 0 aromatic rings. The first-order chi connectivity index (χ1) is 5.76. The second-order valence-electron chi connectivity index (χ2n) is 4.26. The maximum atomic E-state index is 9.30. The second kappa shape index (κ2) is 4.24. The molecule has 72 valence electrons. The van der Waals surface area contributed by atoms with Gasteiger partial charge in [0, 0.05) is 18.6 Å².